The number of rotatable bonds is 4. The largest absolute Gasteiger partial charge is 0.369 e. The van der Waals surface area contributed by atoms with Crippen molar-refractivity contribution < 1.29 is 9.72 Å². The summed E-state index contributed by atoms with van der Waals surface area (Å²) in [6.45, 7) is 2.60. The van der Waals surface area contributed by atoms with Crippen molar-refractivity contribution in [2.75, 3.05) is 37.6 Å². The predicted octanol–water partition coefficient (Wildman–Crippen LogP) is 0.360. The van der Waals surface area contributed by atoms with Crippen LogP contribution >= 0.6 is 15.9 Å². The molecule has 1 aromatic heterocycles. The van der Waals surface area contributed by atoms with Gasteiger partial charge in [-0.2, -0.15) is 0 Å². The third kappa shape index (κ3) is 3.42. The molecule has 108 valence electrons. The second-order valence-electron chi connectivity index (χ2n) is 4.48. The fourth-order valence-electron chi connectivity index (χ4n) is 2.14. The van der Waals surface area contributed by atoms with E-state index in [-0.39, 0.29) is 18.1 Å². The highest BCUT2D eigenvalue weighted by Crippen LogP contribution is 2.29. The lowest BCUT2D eigenvalue weighted by atomic mass is 10.3. The molecule has 1 saturated heterocycles. The number of nitrogens with zero attached hydrogens (tertiary/aromatic N) is 4. The normalized spacial score (nSPS) is 16.1. The van der Waals surface area contributed by atoms with Gasteiger partial charge in [-0.25, -0.2) is 4.98 Å². The molecule has 0 spiro atoms. The van der Waals surface area contributed by atoms with Crippen molar-refractivity contribution in [1.29, 1.82) is 0 Å². The molecule has 20 heavy (non-hydrogen) atoms. The van der Waals surface area contributed by atoms with E-state index in [1.165, 1.54) is 12.3 Å². The maximum atomic E-state index is 11.1. The van der Waals surface area contributed by atoms with E-state index in [1.807, 2.05) is 9.80 Å². The Labute approximate surface area is 123 Å². The summed E-state index contributed by atoms with van der Waals surface area (Å²) < 4.78 is 0.570. The summed E-state index contributed by atoms with van der Waals surface area (Å²) in [6.07, 6.45) is 1.54. The summed E-state index contributed by atoms with van der Waals surface area (Å²) in [7, 11) is 0. The minimum atomic E-state index is -0.442. The summed E-state index contributed by atoms with van der Waals surface area (Å²) in [5.41, 5.74) is 5.12. The molecule has 1 aromatic rings. The molecular formula is C11H14BrN5O3. The first-order valence-corrected chi connectivity index (χ1v) is 6.82. The number of carbonyl (C=O) groups is 1. The van der Waals surface area contributed by atoms with Gasteiger partial charge in [-0.05, 0) is 15.9 Å². The molecule has 0 unspecified atom stereocenters. The monoisotopic (exact) mass is 343 g/mol. The first-order valence-electron chi connectivity index (χ1n) is 6.03. The number of halogens is 1. The number of pyridine rings is 1. The maximum absolute atomic E-state index is 11.1. The van der Waals surface area contributed by atoms with Crippen molar-refractivity contribution in [3.05, 3.63) is 26.9 Å². The number of piperazine rings is 1. The molecule has 2 heterocycles. The van der Waals surface area contributed by atoms with Crippen LogP contribution in [0.5, 0.6) is 0 Å². The van der Waals surface area contributed by atoms with Crippen LogP contribution in [-0.2, 0) is 4.79 Å². The molecule has 0 aromatic carbocycles. The van der Waals surface area contributed by atoms with Crippen LogP contribution < -0.4 is 10.6 Å². The summed E-state index contributed by atoms with van der Waals surface area (Å²) in [6, 6.07) is 1.44. The van der Waals surface area contributed by atoms with Crippen LogP contribution in [-0.4, -0.2) is 53.4 Å². The molecular weight excluding hydrogens is 330 g/mol. The van der Waals surface area contributed by atoms with Gasteiger partial charge < -0.3 is 10.6 Å². The first kappa shape index (κ1) is 14.7. The van der Waals surface area contributed by atoms with Crippen molar-refractivity contribution in [3.63, 3.8) is 0 Å². The number of carbonyl (C=O) groups excluding carboxylic acids is 1. The number of primary amides is 1. The highest BCUT2D eigenvalue weighted by Gasteiger charge is 2.25. The van der Waals surface area contributed by atoms with Crippen molar-refractivity contribution in [3.8, 4) is 0 Å². The zero-order valence-electron chi connectivity index (χ0n) is 10.7. The third-order valence-electron chi connectivity index (χ3n) is 3.06. The van der Waals surface area contributed by atoms with Gasteiger partial charge in [-0.3, -0.25) is 19.8 Å². The summed E-state index contributed by atoms with van der Waals surface area (Å²) in [5.74, 6) is -0.0110. The van der Waals surface area contributed by atoms with E-state index < -0.39 is 4.92 Å². The van der Waals surface area contributed by atoms with Crippen molar-refractivity contribution >= 4 is 33.3 Å². The average Bonchev–Trinajstić information content (AvgIpc) is 2.39. The lowest BCUT2D eigenvalue weighted by Crippen LogP contribution is -2.49. The molecule has 1 fully saturated rings. The van der Waals surface area contributed by atoms with E-state index in [1.54, 1.807) is 0 Å². The molecule has 1 aliphatic rings. The molecule has 0 radical (unpaired) electrons. The Bertz CT molecular complexity index is 531. The van der Waals surface area contributed by atoms with Gasteiger partial charge in [-0.1, -0.05) is 0 Å². The van der Waals surface area contributed by atoms with Crippen LogP contribution in [0.25, 0.3) is 0 Å². The number of hydrogen-bond acceptors (Lipinski definition) is 6. The lowest BCUT2D eigenvalue weighted by molar-refractivity contribution is -0.384. The second-order valence-corrected chi connectivity index (χ2v) is 5.40. The Morgan fingerprint density at radius 2 is 2.10 bits per heavy atom. The van der Waals surface area contributed by atoms with Crippen LogP contribution in [0.3, 0.4) is 0 Å². The zero-order chi connectivity index (χ0) is 14.7. The van der Waals surface area contributed by atoms with E-state index in [2.05, 4.69) is 20.9 Å². The number of hydrogen-bond donors (Lipinski definition) is 1. The smallest absolute Gasteiger partial charge is 0.312 e. The maximum Gasteiger partial charge on any atom is 0.312 e. The summed E-state index contributed by atoms with van der Waals surface area (Å²) in [5, 5.41) is 11.1. The van der Waals surface area contributed by atoms with E-state index in [9.17, 15) is 14.9 Å². The fourth-order valence-corrected chi connectivity index (χ4v) is 2.46. The molecule has 0 atom stereocenters. The number of amides is 1. The van der Waals surface area contributed by atoms with Gasteiger partial charge in [0, 0.05) is 42.9 Å². The number of anilines is 1. The lowest BCUT2D eigenvalue weighted by Gasteiger charge is -2.34. The first-order chi connectivity index (χ1) is 9.47. The van der Waals surface area contributed by atoms with Crippen LogP contribution in [0.4, 0.5) is 11.5 Å². The quantitative estimate of drug-likeness (QED) is 0.624. The number of aromatic nitrogens is 1. The van der Waals surface area contributed by atoms with Crippen molar-refractivity contribution in [1.82, 2.24) is 9.88 Å². The van der Waals surface area contributed by atoms with Gasteiger partial charge in [0.2, 0.25) is 11.7 Å². The molecule has 2 N–H and O–H groups in total. The molecule has 1 aliphatic heterocycles. The number of nitro groups is 1. The van der Waals surface area contributed by atoms with Crippen LogP contribution in [0, 0.1) is 10.1 Å². The zero-order valence-corrected chi connectivity index (χ0v) is 12.2. The van der Waals surface area contributed by atoms with Gasteiger partial charge in [-0.15, -0.1) is 0 Å². The van der Waals surface area contributed by atoms with Gasteiger partial charge in [0.1, 0.15) is 0 Å². The molecule has 8 nitrogen and oxygen atoms in total. The summed E-state index contributed by atoms with van der Waals surface area (Å²) in [4.78, 5) is 29.4. The predicted molar refractivity (Wildman–Crippen MR) is 76.4 cm³/mol. The van der Waals surface area contributed by atoms with E-state index in [0.29, 0.717) is 36.5 Å². The van der Waals surface area contributed by atoms with Crippen LogP contribution in [0.15, 0.2) is 16.7 Å². The Kier molecular flexibility index (Phi) is 4.50. The molecule has 2 rings (SSSR count). The Morgan fingerprint density at radius 3 is 2.65 bits per heavy atom. The van der Waals surface area contributed by atoms with Crippen molar-refractivity contribution in [2.24, 2.45) is 5.73 Å². The average molecular weight is 344 g/mol. The standard InChI is InChI=1S/C11H14BrN5O3/c12-8-5-9(17(19)20)11(14-6-8)16-3-1-15(2-4-16)7-10(13)18/h5-6H,1-4,7H2,(H2,13,18). The minimum absolute atomic E-state index is 0.0253. The van der Waals surface area contributed by atoms with Crippen LogP contribution in [0.1, 0.15) is 0 Å². The van der Waals surface area contributed by atoms with Crippen LogP contribution in [0.2, 0.25) is 0 Å². The Balaban J connectivity index is 2.11. The van der Waals surface area contributed by atoms with E-state index >= 15 is 0 Å². The Hall–Kier alpha value is -1.74. The molecule has 0 aliphatic carbocycles. The Morgan fingerprint density at radius 1 is 1.45 bits per heavy atom. The highest BCUT2D eigenvalue weighted by molar-refractivity contribution is 9.10. The minimum Gasteiger partial charge on any atom is -0.369 e. The highest BCUT2D eigenvalue weighted by atomic mass is 79.9. The van der Waals surface area contributed by atoms with Crippen molar-refractivity contribution in [2.45, 2.75) is 0 Å². The topological polar surface area (TPSA) is 106 Å². The second kappa shape index (κ2) is 6.14. The van der Waals surface area contributed by atoms with Gasteiger partial charge >= 0.3 is 5.69 Å². The third-order valence-corrected chi connectivity index (χ3v) is 3.50. The molecule has 0 bridgehead atoms. The van der Waals surface area contributed by atoms with E-state index in [0.717, 1.165) is 0 Å². The van der Waals surface area contributed by atoms with E-state index in [4.69, 9.17) is 5.73 Å². The summed E-state index contributed by atoms with van der Waals surface area (Å²) >= 11 is 3.18. The van der Waals surface area contributed by atoms with Gasteiger partial charge in [0.25, 0.3) is 0 Å². The molecule has 9 heteroatoms. The molecule has 0 saturated carbocycles. The molecule has 1 amide bonds. The fraction of sp³-hybridized carbons (Fsp3) is 0.455. The number of nitrogens with two attached hydrogens (primary N) is 1. The SMILES string of the molecule is NC(=O)CN1CCN(c2ncc(Br)cc2[N+](=O)[O-])CC1. The van der Waals surface area contributed by atoms with Gasteiger partial charge in [0.15, 0.2) is 0 Å². The van der Waals surface area contributed by atoms with Gasteiger partial charge in [0.05, 0.1) is 11.5 Å².